The minimum absolute atomic E-state index is 0.0222. The highest BCUT2D eigenvalue weighted by atomic mass is 79.9. The fourth-order valence-corrected chi connectivity index (χ4v) is 4.03. The van der Waals surface area contributed by atoms with Crippen LogP contribution in [0.1, 0.15) is 36.0 Å². The number of nitro groups is 1. The largest absolute Gasteiger partial charge is 0.339 e. The highest BCUT2D eigenvalue weighted by Gasteiger charge is 2.36. The molecule has 1 amide bonds. The average Bonchev–Trinajstić information content (AvgIpc) is 2.84. The number of halogens is 1. The van der Waals surface area contributed by atoms with Crippen molar-refractivity contribution in [3.8, 4) is 0 Å². The second-order valence-electron chi connectivity index (χ2n) is 6.10. The maximum atomic E-state index is 12.7. The first-order valence-electron chi connectivity index (χ1n) is 7.43. The predicted molar refractivity (Wildman–Crippen MR) is 85.9 cm³/mol. The monoisotopic (exact) mass is 367 g/mol. The van der Waals surface area contributed by atoms with Crippen LogP contribution in [0.25, 0.3) is 0 Å². The lowest BCUT2D eigenvalue weighted by atomic mass is 9.98. The number of piperidine rings is 1. The number of amides is 1. The smallest absolute Gasteiger partial charge is 0.270 e. The molecule has 0 radical (unpaired) electrons. The topological polar surface area (TPSA) is 75.5 Å². The highest BCUT2D eigenvalue weighted by Crippen LogP contribution is 2.31. The summed E-state index contributed by atoms with van der Waals surface area (Å²) in [5, 5.41) is 14.3. The fourth-order valence-electron chi connectivity index (χ4n) is 3.49. The van der Waals surface area contributed by atoms with Gasteiger partial charge in [-0.3, -0.25) is 14.9 Å². The summed E-state index contributed by atoms with van der Waals surface area (Å²) in [6.45, 7) is 0. The van der Waals surface area contributed by atoms with Crippen LogP contribution in [-0.2, 0) is 0 Å². The third-order valence-electron chi connectivity index (χ3n) is 4.71. The third-order valence-corrected chi connectivity index (χ3v) is 5.37. The van der Waals surface area contributed by atoms with Gasteiger partial charge in [0.1, 0.15) is 0 Å². The average molecular weight is 368 g/mol. The van der Waals surface area contributed by atoms with Gasteiger partial charge in [0.15, 0.2) is 0 Å². The Morgan fingerprint density at radius 1 is 1.36 bits per heavy atom. The third kappa shape index (κ3) is 2.87. The Morgan fingerprint density at radius 3 is 2.55 bits per heavy atom. The molecule has 7 heteroatoms. The van der Waals surface area contributed by atoms with Crippen molar-refractivity contribution in [3.63, 3.8) is 0 Å². The first kappa shape index (κ1) is 15.4. The molecule has 3 rings (SSSR count). The molecule has 22 heavy (non-hydrogen) atoms. The summed E-state index contributed by atoms with van der Waals surface area (Å²) in [7, 11) is 1.83. The molecular formula is C15H18BrN3O3. The number of benzene rings is 1. The molecule has 2 atom stereocenters. The van der Waals surface area contributed by atoms with Crippen LogP contribution in [0.2, 0.25) is 0 Å². The van der Waals surface area contributed by atoms with E-state index in [1.54, 1.807) is 4.90 Å². The maximum absolute atomic E-state index is 12.7. The summed E-state index contributed by atoms with van der Waals surface area (Å²) in [5.74, 6) is -0.0897. The van der Waals surface area contributed by atoms with Gasteiger partial charge in [0, 0.05) is 41.8 Å². The zero-order valence-corrected chi connectivity index (χ0v) is 13.9. The van der Waals surface area contributed by atoms with Crippen molar-refractivity contribution in [3.05, 3.63) is 38.3 Å². The number of rotatable bonds is 3. The Kier molecular flexibility index (Phi) is 4.18. The predicted octanol–water partition coefficient (Wildman–Crippen LogP) is 2.71. The molecule has 1 aromatic rings. The van der Waals surface area contributed by atoms with E-state index in [9.17, 15) is 14.9 Å². The molecule has 2 bridgehead atoms. The van der Waals surface area contributed by atoms with Crippen LogP contribution < -0.4 is 5.32 Å². The van der Waals surface area contributed by atoms with Gasteiger partial charge in [0.25, 0.3) is 11.6 Å². The molecule has 1 N–H and O–H groups in total. The minimum Gasteiger partial charge on any atom is -0.339 e. The summed E-state index contributed by atoms with van der Waals surface area (Å²) >= 11 is 3.28. The van der Waals surface area contributed by atoms with E-state index < -0.39 is 4.92 Å². The van der Waals surface area contributed by atoms with Gasteiger partial charge in [-0.05, 0) is 47.7 Å². The summed E-state index contributed by atoms with van der Waals surface area (Å²) < 4.78 is 0.468. The van der Waals surface area contributed by atoms with E-state index in [-0.39, 0.29) is 17.6 Å². The van der Waals surface area contributed by atoms with Gasteiger partial charge in [0.05, 0.1) is 10.5 Å². The van der Waals surface area contributed by atoms with E-state index in [1.165, 1.54) is 31.0 Å². The first-order chi connectivity index (χ1) is 10.5. The van der Waals surface area contributed by atoms with E-state index in [1.807, 2.05) is 7.05 Å². The zero-order valence-electron chi connectivity index (χ0n) is 12.3. The number of carbonyl (C=O) groups excluding carboxylic acids is 1. The minimum atomic E-state index is -0.465. The van der Waals surface area contributed by atoms with Gasteiger partial charge in [-0.15, -0.1) is 0 Å². The number of non-ortho nitro benzene ring substituents is 1. The molecule has 2 unspecified atom stereocenters. The molecular weight excluding hydrogens is 350 g/mol. The Balaban J connectivity index is 1.77. The van der Waals surface area contributed by atoms with Crippen molar-refractivity contribution in [2.75, 3.05) is 7.05 Å². The van der Waals surface area contributed by atoms with Gasteiger partial charge < -0.3 is 10.2 Å². The Bertz CT molecular complexity index is 610. The molecule has 2 fully saturated rings. The van der Waals surface area contributed by atoms with Crippen LogP contribution in [0.5, 0.6) is 0 Å². The van der Waals surface area contributed by atoms with Crippen molar-refractivity contribution in [1.82, 2.24) is 10.2 Å². The summed E-state index contributed by atoms with van der Waals surface area (Å²) in [4.78, 5) is 24.8. The lowest BCUT2D eigenvalue weighted by Gasteiger charge is -2.35. The molecule has 2 heterocycles. The SMILES string of the molecule is CN(C(=O)c1ccc([N+](=O)[O-])cc1Br)C1CC2CCC(C1)N2. The van der Waals surface area contributed by atoms with E-state index in [0.717, 1.165) is 12.8 Å². The van der Waals surface area contributed by atoms with Crippen LogP contribution in [0.15, 0.2) is 22.7 Å². The standard InChI is InChI=1S/C15H18BrN3O3/c1-18(12-6-9-2-3-10(7-12)17-9)15(20)13-5-4-11(19(21)22)8-14(13)16/h4-5,8-10,12,17H,2-3,6-7H2,1H3. The molecule has 0 spiro atoms. The van der Waals surface area contributed by atoms with Crippen LogP contribution in [0.4, 0.5) is 5.69 Å². The number of nitrogens with zero attached hydrogens (tertiary/aromatic N) is 2. The number of nitro benzene ring substituents is 1. The van der Waals surface area contributed by atoms with Crippen molar-refractivity contribution < 1.29 is 9.72 Å². The second kappa shape index (κ2) is 5.96. The summed E-state index contributed by atoms with van der Waals surface area (Å²) in [6.07, 6.45) is 4.32. The number of fused-ring (bicyclic) bond motifs is 2. The Labute approximate surface area is 137 Å². The molecule has 0 aromatic heterocycles. The van der Waals surface area contributed by atoms with Crippen molar-refractivity contribution >= 4 is 27.5 Å². The zero-order chi connectivity index (χ0) is 15.9. The Hall–Kier alpha value is -1.47. The maximum Gasteiger partial charge on any atom is 0.270 e. The fraction of sp³-hybridized carbons (Fsp3) is 0.533. The summed E-state index contributed by atoms with van der Waals surface area (Å²) in [6, 6.07) is 5.54. The molecule has 1 aromatic carbocycles. The molecule has 6 nitrogen and oxygen atoms in total. The van der Waals surface area contributed by atoms with Crippen LogP contribution in [0, 0.1) is 10.1 Å². The highest BCUT2D eigenvalue weighted by molar-refractivity contribution is 9.10. The van der Waals surface area contributed by atoms with E-state index in [0.29, 0.717) is 22.1 Å². The van der Waals surface area contributed by atoms with Gasteiger partial charge in [0.2, 0.25) is 0 Å². The van der Waals surface area contributed by atoms with Gasteiger partial charge in [-0.1, -0.05) is 0 Å². The quantitative estimate of drug-likeness (QED) is 0.658. The Morgan fingerprint density at radius 2 is 2.00 bits per heavy atom. The molecule has 118 valence electrons. The van der Waals surface area contributed by atoms with Gasteiger partial charge in [-0.2, -0.15) is 0 Å². The lowest BCUT2D eigenvalue weighted by molar-refractivity contribution is -0.384. The van der Waals surface area contributed by atoms with E-state index in [4.69, 9.17) is 0 Å². The van der Waals surface area contributed by atoms with Crippen LogP contribution in [0.3, 0.4) is 0 Å². The van der Waals surface area contributed by atoms with Gasteiger partial charge >= 0.3 is 0 Å². The van der Waals surface area contributed by atoms with Crippen molar-refractivity contribution in [1.29, 1.82) is 0 Å². The number of nitrogens with one attached hydrogen (secondary N) is 1. The number of carbonyl (C=O) groups is 1. The summed E-state index contributed by atoms with van der Waals surface area (Å²) in [5.41, 5.74) is 0.449. The molecule has 2 aliphatic heterocycles. The molecule has 0 aliphatic carbocycles. The first-order valence-corrected chi connectivity index (χ1v) is 8.22. The second-order valence-corrected chi connectivity index (χ2v) is 6.95. The molecule has 2 saturated heterocycles. The van der Waals surface area contributed by atoms with Crippen molar-refractivity contribution in [2.24, 2.45) is 0 Å². The van der Waals surface area contributed by atoms with Crippen LogP contribution >= 0.6 is 15.9 Å². The van der Waals surface area contributed by atoms with E-state index >= 15 is 0 Å². The normalized spacial score (nSPS) is 26.7. The molecule has 2 aliphatic rings. The van der Waals surface area contributed by atoms with Crippen molar-refractivity contribution in [2.45, 2.75) is 43.8 Å². The molecule has 0 saturated carbocycles. The van der Waals surface area contributed by atoms with Crippen LogP contribution in [-0.4, -0.2) is 40.9 Å². The lowest BCUT2D eigenvalue weighted by Crippen LogP contribution is -2.48. The van der Waals surface area contributed by atoms with E-state index in [2.05, 4.69) is 21.2 Å². The number of hydrogen-bond donors (Lipinski definition) is 1. The number of hydrogen-bond acceptors (Lipinski definition) is 4. The van der Waals surface area contributed by atoms with Gasteiger partial charge in [-0.25, -0.2) is 0 Å².